The van der Waals surface area contributed by atoms with Gasteiger partial charge in [-0.1, -0.05) is 42.5 Å². The Labute approximate surface area is 129 Å². The van der Waals surface area contributed by atoms with Gasteiger partial charge in [-0.05, 0) is 38.0 Å². The summed E-state index contributed by atoms with van der Waals surface area (Å²) in [7, 11) is 0. The molecule has 1 atom stereocenters. The number of benzene rings is 1. The number of hydrogen-bond acceptors (Lipinski definition) is 2. The first-order chi connectivity index (χ1) is 9.08. The first-order valence-electron chi connectivity index (χ1n) is 6.72. The van der Waals surface area contributed by atoms with Gasteiger partial charge >= 0.3 is 0 Å². The molecule has 1 fully saturated rings. The highest BCUT2D eigenvalue weighted by atomic mass is 35.5. The lowest BCUT2D eigenvalue weighted by Gasteiger charge is -2.23. The van der Waals surface area contributed by atoms with E-state index >= 15 is 0 Å². The fourth-order valence-corrected chi connectivity index (χ4v) is 4.40. The van der Waals surface area contributed by atoms with E-state index in [2.05, 4.69) is 0 Å². The number of rotatable bonds is 4. The van der Waals surface area contributed by atoms with Gasteiger partial charge in [-0.15, -0.1) is 11.8 Å². The van der Waals surface area contributed by atoms with Gasteiger partial charge in [0.25, 0.3) is 0 Å². The summed E-state index contributed by atoms with van der Waals surface area (Å²) in [5.41, 5.74) is 0.585. The maximum absolute atomic E-state index is 12.4. The molecule has 1 unspecified atom stereocenters. The van der Waals surface area contributed by atoms with Gasteiger partial charge in [0.15, 0.2) is 5.78 Å². The van der Waals surface area contributed by atoms with Gasteiger partial charge < -0.3 is 0 Å². The van der Waals surface area contributed by atoms with E-state index < -0.39 is 0 Å². The molecule has 1 aromatic carbocycles. The predicted octanol–water partition coefficient (Wildman–Crippen LogP) is 5.63. The van der Waals surface area contributed by atoms with Gasteiger partial charge in [0.2, 0.25) is 0 Å². The van der Waals surface area contributed by atoms with Gasteiger partial charge in [0.05, 0.1) is 10.3 Å². The summed E-state index contributed by atoms with van der Waals surface area (Å²) in [4.78, 5) is 12.4. The van der Waals surface area contributed by atoms with Crippen LogP contribution in [0.15, 0.2) is 18.2 Å². The van der Waals surface area contributed by atoms with Gasteiger partial charge in [-0.2, -0.15) is 0 Å². The van der Waals surface area contributed by atoms with Gasteiger partial charge in [-0.3, -0.25) is 4.79 Å². The zero-order valence-electron chi connectivity index (χ0n) is 11.0. The molecule has 1 aliphatic carbocycles. The Morgan fingerprint density at radius 1 is 1.26 bits per heavy atom. The second-order valence-corrected chi connectivity index (χ2v) is 7.52. The van der Waals surface area contributed by atoms with Crippen LogP contribution in [0.1, 0.15) is 49.4 Å². The van der Waals surface area contributed by atoms with Crippen molar-refractivity contribution in [1.82, 2.24) is 0 Å². The largest absolute Gasteiger partial charge is 0.293 e. The minimum atomic E-state index is -0.0400. The minimum Gasteiger partial charge on any atom is -0.293 e. The van der Waals surface area contributed by atoms with Crippen LogP contribution in [-0.2, 0) is 0 Å². The molecular weight excluding hydrogens is 299 g/mol. The normalized spacial score (nSPS) is 18.3. The monoisotopic (exact) mass is 316 g/mol. The minimum absolute atomic E-state index is 0.0400. The number of carbonyl (C=O) groups excluding carboxylic acids is 1. The molecule has 0 amide bonds. The third-order valence-corrected chi connectivity index (χ3v) is 5.54. The molecule has 0 aromatic heterocycles. The van der Waals surface area contributed by atoms with Crippen molar-refractivity contribution in [1.29, 1.82) is 0 Å². The SMILES string of the molecule is CC(SC1CCCCC1)C(=O)c1ccc(Cl)cc1Cl. The van der Waals surface area contributed by atoms with Gasteiger partial charge in [0.1, 0.15) is 0 Å². The third-order valence-electron chi connectivity index (χ3n) is 3.51. The van der Waals surface area contributed by atoms with Crippen LogP contribution in [0.2, 0.25) is 10.0 Å². The molecule has 0 spiro atoms. The van der Waals surface area contributed by atoms with E-state index in [0.29, 0.717) is 20.9 Å². The lowest BCUT2D eigenvalue weighted by molar-refractivity contribution is 0.0994. The van der Waals surface area contributed by atoms with Crippen molar-refractivity contribution in [3.63, 3.8) is 0 Å². The Morgan fingerprint density at radius 3 is 2.58 bits per heavy atom. The van der Waals surface area contributed by atoms with Crippen LogP contribution >= 0.6 is 35.0 Å². The Kier molecular flexibility index (Phi) is 5.61. The molecule has 104 valence electrons. The second-order valence-electron chi connectivity index (χ2n) is 5.03. The lowest BCUT2D eigenvalue weighted by Crippen LogP contribution is -2.19. The molecular formula is C15H18Cl2OS. The van der Waals surface area contributed by atoms with E-state index in [4.69, 9.17) is 23.2 Å². The van der Waals surface area contributed by atoms with Gasteiger partial charge in [0, 0.05) is 15.8 Å². The van der Waals surface area contributed by atoms with Crippen molar-refractivity contribution in [3.05, 3.63) is 33.8 Å². The zero-order chi connectivity index (χ0) is 13.8. The summed E-state index contributed by atoms with van der Waals surface area (Å²) in [5.74, 6) is 0.109. The van der Waals surface area contributed by atoms with Crippen LogP contribution in [0.3, 0.4) is 0 Å². The van der Waals surface area contributed by atoms with Crippen molar-refractivity contribution in [2.75, 3.05) is 0 Å². The molecule has 0 heterocycles. The van der Waals surface area contributed by atoms with Crippen molar-refractivity contribution < 1.29 is 4.79 Å². The highest BCUT2D eigenvalue weighted by Crippen LogP contribution is 2.33. The zero-order valence-corrected chi connectivity index (χ0v) is 13.3. The molecule has 2 rings (SSSR count). The lowest BCUT2D eigenvalue weighted by atomic mass is 10.0. The van der Waals surface area contributed by atoms with E-state index in [9.17, 15) is 4.79 Å². The van der Waals surface area contributed by atoms with Crippen molar-refractivity contribution in [2.45, 2.75) is 49.5 Å². The quantitative estimate of drug-likeness (QED) is 0.669. The number of ketones is 1. The average molecular weight is 317 g/mol. The van der Waals surface area contributed by atoms with Crippen LogP contribution in [0.25, 0.3) is 0 Å². The molecule has 1 nitrogen and oxygen atoms in total. The number of Topliss-reactive ketones (excluding diaryl/α,β-unsaturated/α-hetero) is 1. The molecule has 1 aromatic rings. The Balaban J connectivity index is 2.01. The maximum atomic E-state index is 12.4. The van der Waals surface area contributed by atoms with E-state index in [1.54, 1.807) is 30.0 Å². The molecule has 0 bridgehead atoms. The fraction of sp³-hybridized carbons (Fsp3) is 0.533. The average Bonchev–Trinajstić information content (AvgIpc) is 2.39. The Bertz CT molecular complexity index is 455. The first-order valence-corrected chi connectivity index (χ1v) is 8.42. The van der Waals surface area contributed by atoms with Crippen molar-refractivity contribution in [2.24, 2.45) is 0 Å². The molecule has 0 N–H and O–H groups in total. The summed E-state index contributed by atoms with van der Waals surface area (Å²) >= 11 is 13.7. The van der Waals surface area contributed by atoms with Crippen LogP contribution in [0.5, 0.6) is 0 Å². The molecule has 1 saturated carbocycles. The molecule has 19 heavy (non-hydrogen) atoms. The Morgan fingerprint density at radius 2 is 1.95 bits per heavy atom. The number of halogens is 2. The summed E-state index contributed by atoms with van der Waals surface area (Å²) in [6.07, 6.45) is 6.39. The summed E-state index contributed by atoms with van der Waals surface area (Å²) in [5, 5.41) is 1.60. The number of hydrogen-bond donors (Lipinski definition) is 0. The predicted molar refractivity (Wildman–Crippen MR) is 84.7 cm³/mol. The van der Waals surface area contributed by atoms with Crippen LogP contribution in [-0.4, -0.2) is 16.3 Å². The second kappa shape index (κ2) is 7.01. The number of thioether (sulfide) groups is 1. The van der Waals surface area contributed by atoms with Crippen LogP contribution in [0, 0.1) is 0 Å². The van der Waals surface area contributed by atoms with E-state index in [1.807, 2.05) is 6.92 Å². The highest BCUT2D eigenvalue weighted by Gasteiger charge is 2.23. The molecule has 0 radical (unpaired) electrons. The van der Waals surface area contributed by atoms with E-state index in [1.165, 1.54) is 32.1 Å². The van der Waals surface area contributed by atoms with Gasteiger partial charge in [-0.25, -0.2) is 0 Å². The van der Waals surface area contributed by atoms with E-state index in [0.717, 1.165) is 0 Å². The summed E-state index contributed by atoms with van der Waals surface area (Å²) < 4.78 is 0. The third kappa shape index (κ3) is 4.14. The van der Waals surface area contributed by atoms with E-state index in [-0.39, 0.29) is 11.0 Å². The molecule has 0 aliphatic heterocycles. The van der Waals surface area contributed by atoms with Crippen molar-refractivity contribution >= 4 is 40.7 Å². The summed E-state index contributed by atoms with van der Waals surface area (Å²) in [6, 6.07) is 5.08. The molecule has 4 heteroatoms. The topological polar surface area (TPSA) is 17.1 Å². The first kappa shape index (κ1) is 15.2. The maximum Gasteiger partial charge on any atom is 0.177 e. The Hall–Kier alpha value is -0.180. The number of carbonyl (C=O) groups is 1. The standard InChI is InChI=1S/C15H18Cl2OS/c1-10(19-12-5-3-2-4-6-12)15(18)13-8-7-11(16)9-14(13)17/h7-10,12H,2-6H2,1H3. The highest BCUT2D eigenvalue weighted by molar-refractivity contribution is 8.01. The molecule has 0 saturated heterocycles. The smallest absolute Gasteiger partial charge is 0.177 e. The fourth-order valence-electron chi connectivity index (χ4n) is 2.46. The van der Waals surface area contributed by atoms with Crippen molar-refractivity contribution in [3.8, 4) is 0 Å². The van der Waals surface area contributed by atoms with Crippen LogP contribution < -0.4 is 0 Å². The molecule has 1 aliphatic rings. The van der Waals surface area contributed by atoms with Crippen LogP contribution in [0.4, 0.5) is 0 Å². The summed E-state index contributed by atoms with van der Waals surface area (Å²) in [6.45, 7) is 1.98.